The minimum atomic E-state index is -0.229. The van der Waals surface area contributed by atoms with Gasteiger partial charge < -0.3 is 10.6 Å². The lowest BCUT2D eigenvalue weighted by molar-refractivity contribution is 0.0927. The third-order valence-electron chi connectivity index (χ3n) is 2.71. The van der Waals surface area contributed by atoms with Crippen molar-refractivity contribution in [3.05, 3.63) is 64.9 Å². The lowest BCUT2D eigenvalue weighted by atomic mass is 10.2. The number of benzene rings is 1. The highest BCUT2D eigenvalue weighted by Gasteiger charge is 2.06. The van der Waals surface area contributed by atoms with Crippen molar-refractivity contribution in [1.82, 2.24) is 15.6 Å². The topological polar surface area (TPSA) is 71.1 Å². The number of carbonyl (C=O) groups is 2. The van der Waals surface area contributed by atoms with E-state index in [9.17, 15) is 9.59 Å². The number of amides is 2. The van der Waals surface area contributed by atoms with Crippen molar-refractivity contribution < 1.29 is 9.59 Å². The smallest absolute Gasteiger partial charge is 0.252 e. The summed E-state index contributed by atoms with van der Waals surface area (Å²) in [4.78, 5) is 27.4. The molecule has 1 aromatic carbocycles. The van der Waals surface area contributed by atoms with Crippen molar-refractivity contribution in [3.8, 4) is 0 Å². The number of nitrogens with one attached hydrogen (secondary N) is 2. The molecule has 0 saturated carbocycles. The number of rotatable bonds is 5. The molecule has 0 aliphatic carbocycles. The van der Waals surface area contributed by atoms with Gasteiger partial charge in [0.25, 0.3) is 11.8 Å². The van der Waals surface area contributed by atoms with Crippen molar-refractivity contribution in [1.29, 1.82) is 0 Å². The first-order chi connectivity index (χ1) is 10.2. The zero-order valence-electron chi connectivity index (χ0n) is 11.2. The average molecular weight is 304 g/mol. The second kappa shape index (κ2) is 7.40. The lowest BCUT2D eigenvalue weighted by Crippen LogP contribution is -2.34. The molecule has 1 aromatic heterocycles. The van der Waals surface area contributed by atoms with Crippen LogP contribution >= 0.6 is 11.6 Å². The summed E-state index contributed by atoms with van der Waals surface area (Å²) in [7, 11) is 0. The zero-order chi connectivity index (χ0) is 15.1. The van der Waals surface area contributed by atoms with Crippen LogP contribution in [0.1, 0.15) is 20.7 Å². The maximum Gasteiger partial charge on any atom is 0.252 e. The molecule has 2 amide bonds. The maximum atomic E-state index is 11.8. The van der Waals surface area contributed by atoms with Crippen molar-refractivity contribution in [2.75, 3.05) is 13.1 Å². The number of aromatic nitrogens is 1. The Labute approximate surface area is 127 Å². The molecule has 0 aliphatic rings. The number of hydrogen-bond acceptors (Lipinski definition) is 3. The summed E-state index contributed by atoms with van der Waals surface area (Å²) in [5, 5.41) is 5.91. The van der Waals surface area contributed by atoms with Gasteiger partial charge in [-0.3, -0.25) is 14.6 Å². The Morgan fingerprint density at radius 1 is 1.00 bits per heavy atom. The molecule has 2 rings (SSSR count). The molecule has 0 radical (unpaired) electrons. The highest BCUT2D eigenvalue weighted by atomic mass is 35.5. The van der Waals surface area contributed by atoms with Gasteiger partial charge in [-0.1, -0.05) is 17.7 Å². The molecule has 0 spiro atoms. The predicted octanol–water partition coefficient (Wildman–Crippen LogP) is 1.89. The van der Waals surface area contributed by atoms with E-state index in [1.807, 2.05) is 0 Å². The number of halogens is 1. The van der Waals surface area contributed by atoms with Crippen molar-refractivity contribution in [2.45, 2.75) is 0 Å². The molecule has 0 atom stereocenters. The molecule has 2 aromatic rings. The van der Waals surface area contributed by atoms with Gasteiger partial charge in [0, 0.05) is 36.1 Å². The largest absolute Gasteiger partial charge is 0.350 e. The molecule has 0 saturated heterocycles. The van der Waals surface area contributed by atoms with Crippen LogP contribution in [0, 0.1) is 0 Å². The van der Waals surface area contributed by atoms with E-state index < -0.39 is 0 Å². The molecule has 0 unspecified atom stereocenters. The van der Waals surface area contributed by atoms with E-state index in [0.29, 0.717) is 29.2 Å². The zero-order valence-corrected chi connectivity index (χ0v) is 11.9. The van der Waals surface area contributed by atoms with E-state index in [-0.39, 0.29) is 11.8 Å². The van der Waals surface area contributed by atoms with Crippen LogP contribution in [0.4, 0.5) is 0 Å². The molecule has 2 N–H and O–H groups in total. The van der Waals surface area contributed by atoms with Crippen molar-refractivity contribution in [2.24, 2.45) is 0 Å². The monoisotopic (exact) mass is 303 g/mol. The molecule has 1 heterocycles. The van der Waals surface area contributed by atoms with Gasteiger partial charge in [0.2, 0.25) is 0 Å². The highest BCUT2D eigenvalue weighted by Crippen LogP contribution is 2.10. The van der Waals surface area contributed by atoms with Crippen molar-refractivity contribution in [3.63, 3.8) is 0 Å². The van der Waals surface area contributed by atoms with Gasteiger partial charge in [-0.05, 0) is 30.3 Å². The minimum absolute atomic E-state index is 0.222. The Morgan fingerprint density at radius 2 is 1.67 bits per heavy atom. The van der Waals surface area contributed by atoms with Crippen molar-refractivity contribution >= 4 is 23.4 Å². The maximum absolute atomic E-state index is 11.8. The SMILES string of the molecule is O=C(NCCNC(=O)c1cccc(Cl)c1)c1cccnc1. The predicted molar refractivity (Wildman–Crippen MR) is 80.4 cm³/mol. The van der Waals surface area contributed by atoms with Crippen LogP contribution in [0.5, 0.6) is 0 Å². The Morgan fingerprint density at radius 3 is 2.29 bits per heavy atom. The number of hydrogen-bond donors (Lipinski definition) is 2. The van der Waals surface area contributed by atoms with Crippen LogP contribution in [-0.2, 0) is 0 Å². The Kier molecular flexibility index (Phi) is 5.29. The Hall–Kier alpha value is -2.40. The average Bonchev–Trinajstić information content (AvgIpc) is 2.52. The fraction of sp³-hybridized carbons (Fsp3) is 0.133. The summed E-state index contributed by atoms with van der Waals surface area (Å²) >= 11 is 5.82. The van der Waals surface area contributed by atoms with Crippen LogP contribution < -0.4 is 10.6 Å². The summed E-state index contributed by atoms with van der Waals surface area (Å²) in [6.07, 6.45) is 3.09. The number of pyridine rings is 1. The summed E-state index contributed by atoms with van der Waals surface area (Å²) in [5.74, 6) is -0.451. The minimum Gasteiger partial charge on any atom is -0.350 e. The summed E-state index contributed by atoms with van der Waals surface area (Å²) < 4.78 is 0. The van der Waals surface area contributed by atoms with Gasteiger partial charge in [0.05, 0.1) is 5.56 Å². The number of nitrogens with zero attached hydrogens (tertiary/aromatic N) is 1. The molecular weight excluding hydrogens is 290 g/mol. The summed E-state index contributed by atoms with van der Waals surface area (Å²) in [6.45, 7) is 0.664. The lowest BCUT2D eigenvalue weighted by Gasteiger charge is -2.07. The van der Waals surface area contributed by atoms with Gasteiger partial charge in [-0.25, -0.2) is 0 Å². The third kappa shape index (κ3) is 4.57. The fourth-order valence-electron chi connectivity index (χ4n) is 1.68. The molecule has 6 heteroatoms. The second-order valence-corrected chi connectivity index (χ2v) is 4.70. The summed E-state index contributed by atoms with van der Waals surface area (Å²) in [5.41, 5.74) is 0.972. The second-order valence-electron chi connectivity index (χ2n) is 4.26. The van der Waals surface area contributed by atoms with Gasteiger partial charge in [0.15, 0.2) is 0 Å². The normalized spacial score (nSPS) is 9.95. The van der Waals surface area contributed by atoms with Crippen LogP contribution in [-0.4, -0.2) is 29.9 Å². The Bertz CT molecular complexity index is 632. The van der Waals surface area contributed by atoms with Gasteiger partial charge >= 0.3 is 0 Å². The molecular formula is C15H14ClN3O2. The molecule has 0 aliphatic heterocycles. The van der Waals surface area contributed by atoms with Gasteiger partial charge in [0.1, 0.15) is 0 Å². The van der Waals surface area contributed by atoms with E-state index in [1.165, 1.54) is 6.20 Å². The molecule has 0 bridgehead atoms. The van der Waals surface area contributed by atoms with Crippen LogP contribution in [0.25, 0.3) is 0 Å². The molecule has 21 heavy (non-hydrogen) atoms. The Balaban J connectivity index is 1.75. The van der Waals surface area contributed by atoms with E-state index in [1.54, 1.807) is 42.6 Å². The third-order valence-corrected chi connectivity index (χ3v) is 2.94. The van der Waals surface area contributed by atoms with Gasteiger partial charge in [-0.15, -0.1) is 0 Å². The van der Waals surface area contributed by atoms with E-state index >= 15 is 0 Å². The van der Waals surface area contributed by atoms with E-state index in [4.69, 9.17) is 11.6 Å². The standard InChI is InChI=1S/C15H14ClN3O2/c16-13-5-1-3-11(9-13)14(20)18-7-8-19-15(21)12-4-2-6-17-10-12/h1-6,9-10H,7-8H2,(H,18,20)(H,19,21). The number of carbonyl (C=O) groups excluding carboxylic acids is 2. The molecule has 0 fully saturated rings. The van der Waals surface area contributed by atoms with Gasteiger partial charge in [-0.2, -0.15) is 0 Å². The first kappa shape index (κ1) is 15.0. The van der Waals surface area contributed by atoms with E-state index in [0.717, 1.165) is 0 Å². The quantitative estimate of drug-likeness (QED) is 0.829. The first-order valence-corrected chi connectivity index (χ1v) is 6.76. The van der Waals surface area contributed by atoms with Crippen LogP contribution in [0.3, 0.4) is 0 Å². The first-order valence-electron chi connectivity index (χ1n) is 6.39. The van der Waals surface area contributed by atoms with Crippen LogP contribution in [0.15, 0.2) is 48.8 Å². The summed E-state index contributed by atoms with van der Waals surface area (Å²) in [6, 6.07) is 10.0. The molecule has 5 nitrogen and oxygen atoms in total. The highest BCUT2D eigenvalue weighted by molar-refractivity contribution is 6.30. The molecule has 108 valence electrons. The van der Waals surface area contributed by atoms with Crippen LogP contribution in [0.2, 0.25) is 5.02 Å². The van der Waals surface area contributed by atoms with E-state index in [2.05, 4.69) is 15.6 Å². The fourth-order valence-corrected chi connectivity index (χ4v) is 1.87.